The molecule has 0 spiro atoms. The average Bonchev–Trinajstić information content (AvgIpc) is 2.27. The second-order valence-corrected chi connectivity index (χ2v) is 4.38. The Morgan fingerprint density at radius 1 is 1.24 bits per heavy atom. The zero-order valence-electron chi connectivity index (χ0n) is 10.7. The van der Waals surface area contributed by atoms with Crippen molar-refractivity contribution in [2.75, 3.05) is 0 Å². The predicted molar refractivity (Wildman–Crippen MR) is 66.6 cm³/mol. The first-order valence-corrected chi connectivity index (χ1v) is 6.26. The summed E-state index contributed by atoms with van der Waals surface area (Å²) >= 11 is 0. The quantitative estimate of drug-likeness (QED) is 0.532. The first kappa shape index (κ1) is 15.9. The van der Waals surface area contributed by atoms with Gasteiger partial charge in [0.1, 0.15) is 6.04 Å². The number of rotatable bonds is 9. The Kier molecular flexibility index (Phi) is 8.40. The number of amides is 1. The van der Waals surface area contributed by atoms with Crippen LogP contribution in [0.5, 0.6) is 0 Å². The molecule has 0 saturated heterocycles. The fourth-order valence-electron chi connectivity index (χ4n) is 1.52. The topological polar surface area (TPSA) is 92.4 Å². The van der Waals surface area contributed by atoms with Crippen LogP contribution in [-0.2, 0) is 9.59 Å². The SMILES string of the molecule is CCCCCCCC(=O)NC(C)C(N)C(=O)O. The smallest absolute Gasteiger partial charge is 0.322 e. The van der Waals surface area contributed by atoms with Crippen LogP contribution in [0.4, 0.5) is 0 Å². The molecule has 2 atom stereocenters. The molecule has 5 heteroatoms. The highest BCUT2D eigenvalue weighted by Gasteiger charge is 2.21. The van der Waals surface area contributed by atoms with Crippen molar-refractivity contribution in [2.45, 2.75) is 64.5 Å². The summed E-state index contributed by atoms with van der Waals surface area (Å²) in [6.45, 7) is 3.75. The maximum atomic E-state index is 11.5. The van der Waals surface area contributed by atoms with Crippen molar-refractivity contribution < 1.29 is 14.7 Å². The Balaban J connectivity index is 3.67. The minimum absolute atomic E-state index is 0.120. The van der Waals surface area contributed by atoms with Gasteiger partial charge in [0, 0.05) is 6.42 Å². The van der Waals surface area contributed by atoms with Crippen molar-refractivity contribution in [2.24, 2.45) is 5.73 Å². The van der Waals surface area contributed by atoms with Crippen molar-refractivity contribution in [3.05, 3.63) is 0 Å². The van der Waals surface area contributed by atoms with Gasteiger partial charge in [-0.15, -0.1) is 0 Å². The summed E-state index contributed by atoms with van der Waals surface area (Å²) in [5.74, 6) is -1.22. The number of unbranched alkanes of at least 4 members (excludes halogenated alkanes) is 4. The van der Waals surface area contributed by atoms with Gasteiger partial charge in [0.15, 0.2) is 0 Å². The van der Waals surface area contributed by atoms with Crippen LogP contribution in [0.1, 0.15) is 52.4 Å². The minimum atomic E-state index is -1.10. The van der Waals surface area contributed by atoms with Crippen LogP contribution in [-0.4, -0.2) is 29.1 Å². The zero-order chi connectivity index (χ0) is 13.3. The molecule has 0 heterocycles. The van der Waals surface area contributed by atoms with E-state index in [1.54, 1.807) is 6.92 Å². The number of carboxylic acids is 1. The van der Waals surface area contributed by atoms with Crippen LogP contribution in [0, 0.1) is 0 Å². The van der Waals surface area contributed by atoms with E-state index in [0.717, 1.165) is 19.3 Å². The molecular formula is C12H24N2O3. The van der Waals surface area contributed by atoms with E-state index in [0.29, 0.717) is 6.42 Å². The van der Waals surface area contributed by atoms with Crippen molar-refractivity contribution in [1.29, 1.82) is 0 Å². The van der Waals surface area contributed by atoms with E-state index in [4.69, 9.17) is 10.8 Å². The Bertz CT molecular complexity index is 244. The molecule has 0 bridgehead atoms. The van der Waals surface area contributed by atoms with Crippen molar-refractivity contribution in [1.82, 2.24) is 5.32 Å². The fraction of sp³-hybridized carbons (Fsp3) is 0.833. The summed E-state index contributed by atoms with van der Waals surface area (Å²) in [6.07, 6.45) is 5.86. The summed E-state index contributed by atoms with van der Waals surface area (Å²) in [4.78, 5) is 22.0. The van der Waals surface area contributed by atoms with Gasteiger partial charge >= 0.3 is 5.97 Å². The maximum Gasteiger partial charge on any atom is 0.322 e. The van der Waals surface area contributed by atoms with Gasteiger partial charge in [-0.2, -0.15) is 0 Å². The Hall–Kier alpha value is -1.10. The van der Waals surface area contributed by atoms with Gasteiger partial charge < -0.3 is 16.2 Å². The lowest BCUT2D eigenvalue weighted by Gasteiger charge is -2.17. The summed E-state index contributed by atoms with van der Waals surface area (Å²) in [6, 6.07) is -1.57. The maximum absolute atomic E-state index is 11.5. The molecule has 0 radical (unpaired) electrons. The average molecular weight is 244 g/mol. The standard InChI is InChI=1S/C12H24N2O3/c1-3-4-5-6-7-8-10(15)14-9(2)11(13)12(16)17/h9,11H,3-8,13H2,1-2H3,(H,14,15)(H,16,17). The lowest BCUT2D eigenvalue weighted by molar-refractivity contribution is -0.139. The van der Waals surface area contributed by atoms with E-state index in [1.165, 1.54) is 12.8 Å². The second-order valence-electron chi connectivity index (χ2n) is 4.38. The molecule has 0 fully saturated rings. The van der Waals surface area contributed by atoms with Crippen molar-refractivity contribution >= 4 is 11.9 Å². The van der Waals surface area contributed by atoms with Crippen LogP contribution >= 0.6 is 0 Å². The van der Waals surface area contributed by atoms with Crippen LogP contribution in [0.2, 0.25) is 0 Å². The van der Waals surface area contributed by atoms with Crippen molar-refractivity contribution in [3.63, 3.8) is 0 Å². The second kappa shape index (κ2) is 8.98. The molecule has 5 nitrogen and oxygen atoms in total. The molecule has 0 rings (SSSR count). The molecule has 2 unspecified atom stereocenters. The molecule has 100 valence electrons. The summed E-state index contributed by atoms with van der Waals surface area (Å²) in [5.41, 5.74) is 5.39. The fourth-order valence-corrected chi connectivity index (χ4v) is 1.52. The number of carbonyl (C=O) groups is 2. The first-order chi connectivity index (χ1) is 7.99. The van der Waals surface area contributed by atoms with E-state index in [-0.39, 0.29) is 5.91 Å². The normalized spacial score (nSPS) is 14.1. The van der Waals surface area contributed by atoms with Crippen LogP contribution in [0.25, 0.3) is 0 Å². The molecule has 17 heavy (non-hydrogen) atoms. The number of nitrogens with two attached hydrogens (primary N) is 1. The first-order valence-electron chi connectivity index (χ1n) is 6.26. The number of hydrogen-bond donors (Lipinski definition) is 3. The number of carboxylic acid groups (broad SMARTS) is 1. The van der Waals surface area contributed by atoms with Gasteiger partial charge in [-0.1, -0.05) is 32.6 Å². The third-order valence-corrected chi connectivity index (χ3v) is 2.72. The summed E-state index contributed by atoms with van der Waals surface area (Å²) in [5, 5.41) is 11.3. The molecule has 0 aliphatic heterocycles. The summed E-state index contributed by atoms with van der Waals surface area (Å²) < 4.78 is 0. The highest BCUT2D eigenvalue weighted by molar-refractivity contribution is 5.79. The third-order valence-electron chi connectivity index (χ3n) is 2.72. The van der Waals surface area contributed by atoms with E-state index in [1.807, 2.05) is 0 Å². The largest absolute Gasteiger partial charge is 0.480 e. The number of carbonyl (C=O) groups excluding carboxylic acids is 1. The van der Waals surface area contributed by atoms with Gasteiger partial charge in [-0.05, 0) is 13.3 Å². The van der Waals surface area contributed by atoms with Gasteiger partial charge in [-0.3, -0.25) is 9.59 Å². The highest BCUT2D eigenvalue weighted by atomic mass is 16.4. The minimum Gasteiger partial charge on any atom is -0.480 e. The Labute approximate surface area is 103 Å². The monoisotopic (exact) mass is 244 g/mol. The molecule has 1 amide bonds. The molecule has 4 N–H and O–H groups in total. The lowest BCUT2D eigenvalue weighted by Crippen LogP contribution is -2.49. The lowest BCUT2D eigenvalue weighted by atomic mass is 10.1. The highest BCUT2D eigenvalue weighted by Crippen LogP contribution is 2.05. The van der Waals surface area contributed by atoms with E-state index in [2.05, 4.69) is 12.2 Å². The van der Waals surface area contributed by atoms with Crippen LogP contribution in [0.3, 0.4) is 0 Å². The van der Waals surface area contributed by atoms with Crippen LogP contribution in [0.15, 0.2) is 0 Å². The predicted octanol–water partition coefficient (Wildman–Crippen LogP) is 1.26. The molecule has 0 aromatic heterocycles. The number of aliphatic carboxylic acids is 1. The molecule has 0 aliphatic carbocycles. The Morgan fingerprint density at radius 2 is 1.82 bits per heavy atom. The van der Waals surface area contributed by atoms with E-state index >= 15 is 0 Å². The molecule has 0 aliphatic rings. The number of nitrogens with one attached hydrogen (secondary N) is 1. The molecule has 0 saturated carbocycles. The molecule has 0 aromatic rings. The Morgan fingerprint density at radius 3 is 2.35 bits per heavy atom. The molecular weight excluding hydrogens is 220 g/mol. The van der Waals surface area contributed by atoms with Gasteiger partial charge in [0.25, 0.3) is 0 Å². The van der Waals surface area contributed by atoms with Crippen LogP contribution < -0.4 is 11.1 Å². The van der Waals surface area contributed by atoms with Crippen molar-refractivity contribution in [3.8, 4) is 0 Å². The zero-order valence-corrected chi connectivity index (χ0v) is 10.7. The van der Waals surface area contributed by atoms with E-state index < -0.39 is 18.1 Å². The number of hydrogen-bond acceptors (Lipinski definition) is 3. The third kappa shape index (κ3) is 7.74. The van der Waals surface area contributed by atoms with E-state index in [9.17, 15) is 9.59 Å². The van der Waals surface area contributed by atoms with Gasteiger partial charge in [0.2, 0.25) is 5.91 Å². The molecule has 0 aromatic carbocycles. The van der Waals surface area contributed by atoms with Gasteiger partial charge in [-0.25, -0.2) is 0 Å². The van der Waals surface area contributed by atoms with Gasteiger partial charge in [0.05, 0.1) is 6.04 Å². The summed E-state index contributed by atoms with van der Waals surface area (Å²) in [7, 11) is 0.